The van der Waals surface area contributed by atoms with E-state index in [9.17, 15) is 13.2 Å². The maximum atomic E-state index is 13.4. The summed E-state index contributed by atoms with van der Waals surface area (Å²) in [4.78, 5) is 8.70. The van der Waals surface area contributed by atoms with Crippen molar-refractivity contribution in [1.29, 1.82) is 0 Å². The molecule has 2 aromatic carbocycles. The van der Waals surface area contributed by atoms with E-state index < -0.39 is 6.43 Å². The van der Waals surface area contributed by atoms with Crippen molar-refractivity contribution in [2.45, 2.75) is 6.43 Å². The zero-order valence-electron chi connectivity index (χ0n) is 14.3. The number of rotatable bonds is 3. The fourth-order valence-corrected chi connectivity index (χ4v) is 3.20. The van der Waals surface area contributed by atoms with Gasteiger partial charge in [0, 0.05) is 16.6 Å². The van der Waals surface area contributed by atoms with E-state index in [1.807, 2.05) is 18.2 Å². The highest BCUT2D eigenvalue weighted by atomic mass is 19.3. The molecule has 0 unspecified atom stereocenters. The Morgan fingerprint density at radius 1 is 0.929 bits per heavy atom. The van der Waals surface area contributed by atoms with Gasteiger partial charge in [0.2, 0.25) is 0 Å². The fraction of sp³-hybridized carbons (Fsp3) is 0.0500. The minimum Gasteiger partial charge on any atom is -0.278 e. The number of halogens is 3. The number of benzene rings is 2. The second kappa shape index (κ2) is 6.19. The van der Waals surface area contributed by atoms with Crippen LogP contribution in [0.1, 0.15) is 12.1 Å². The van der Waals surface area contributed by atoms with Gasteiger partial charge in [-0.2, -0.15) is 5.10 Å². The molecule has 0 spiro atoms. The molecular weight excluding hydrogens is 367 g/mol. The Bertz CT molecular complexity index is 1300. The van der Waals surface area contributed by atoms with Gasteiger partial charge >= 0.3 is 0 Å². The van der Waals surface area contributed by atoms with Crippen molar-refractivity contribution in [3.8, 4) is 17.1 Å². The van der Waals surface area contributed by atoms with Crippen molar-refractivity contribution in [3.05, 3.63) is 72.3 Å². The minimum atomic E-state index is -2.70. The third-order valence-corrected chi connectivity index (χ3v) is 4.53. The first kappa shape index (κ1) is 16.5. The number of nitrogens with zero attached hydrogens (tertiary/aromatic N) is 4. The Morgan fingerprint density at radius 2 is 1.75 bits per heavy atom. The van der Waals surface area contributed by atoms with Crippen molar-refractivity contribution < 1.29 is 13.2 Å². The standard InChI is InChI=1S/C20H12F3N5/c21-13-3-1-11(2-4-13)19-26-17-8-7-16(18(22)23)25-20(17)28(19)14-5-6-15-12(9-14)10-24-27-15/h1-10,18H,(H,24,27). The number of H-pyrrole nitrogens is 1. The molecule has 3 heterocycles. The number of imidazole rings is 1. The fourth-order valence-electron chi connectivity index (χ4n) is 3.20. The van der Waals surface area contributed by atoms with E-state index in [4.69, 9.17) is 0 Å². The van der Waals surface area contributed by atoms with Crippen LogP contribution in [0.4, 0.5) is 13.2 Å². The van der Waals surface area contributed by atoms with Gasteiger partial charge in [0.1, 0.15) is 22.9 Å². The van der Waals surface area contributed by atoms with E-state index in [1.54, 1.807) is 22.9 Å². The lowest BCUT2D eigenvalue weighted by Crippen LogP contribution is -2.00. The Labute approximate surface area is 156 Å². The molecule has 0 saturated carbocycles. The lowest BCUT2D eigenvalue weighted by atomic mass is 10.2. The summed E-state index contributed by atoms with van der Waals surface area (Å²) in [5.41, 5.74) is 2.62. The van der Waals surface area contributed by atoms with Crippen LogP contribution in [-0.4, -0.2) is 24.7 Å². The molecule has 0 aliphatic carbocycles. The second-order valence-corrected chi connectivity index (χ2v) is 6.30. The Kier molecular flexibility index (Phi) is 3.65. The van der Waals surface area contributed by atoms with Crippen LogP contribution in [0.25, 0.3) is 39.1 Å². The highest BCUT2D eigenvalue weighted by molar-refractivity contribution is 5.84. The number of fused-ring (bicyclic) bond motifs is 2. The number of nitrogens with one attached hydrogen (secondary N) is 1. The summed E-state index contributed by atoms with van der Waals surface area (Å²) in [7, 11) is 0. The maximum Gasteiger partial charge on any atom is 0.280 e. The molecule has 1 N–H and O–H groups in total. The molecule has 0 amide bonds. The van der Waals surface area contributed by atoms with Crippen LogP contribution < -0.4 is 0 Å². The molecule has 0 aliphatic rings. The van der Waals surface area contributed by atoms with Crippen LogP contribution in [0, 0.1) is 5.82 Å². The van der Waals surface area contributed by atoms with Gasteiger partial charge < -0.3 is 0 Å². The first-order valence-electron chi connectivity index (χ1n) is 8.47. The van der Waals surface area contributed by atoms with Gasteiger partial charge in [-0.25, -0.2) is 23.1 Å². The molecule has 0 radical (unpaired) electrons. The summed E-state index contributed by atoms with van der Waals surface area (Å²) in [5.74, 6) is 0.112. The van der Waals surface area contributed by atoms with Crippen molar-refractivity contribution in [2.24, 2.45) is 0 Å². The Hall–Kier alpha value is -3.68. The molecule has 5 aromatic rings. The van der Waals surface area contributed by atoms with Crippen LogP contribution in [0.5, 0.6) is 0 Å². The molecule has 3 aromatic heterocycles. The monoisotopic (exact) mass is 379 g/mol. The van der Waals surface area contributed by atoms with Crippen LogP contribution in [0.15, 0.2) is 60.8 Å². The lowest BCUT2D eigenvalue weighted by Gasteiger charge is -2.10. The molecule has 5 rings (SSSR count). The number of pyridine rings is 1. The quantitative estimate of drug-likeness (QED) is 0.478. The number of aromatic amines is 1. The molecule has 28 heavy (non-hydrogen) atoms. The van der Waals surface area contributed by atoms with E-state index in [0.717, 1.165) is 10.9 Å². The predicted octanol–water partition coefficient (Wildman–Crippen LogP) is 5.04. The van der Waals surface area contributed by atoms with Gasteiger partial charge in [0.05, 0.1) is 11.7 Å². The molecule has 5 nitrogen and oxygen atoms in total. The summed E-state index contributed by atoms with van der Waals surface area (Å²) in [5, 5.41) is 7.74. The third kappa shape index (κ3) is 2.61. The summed E-state index contributed by atoms with van der Waals surface area (Å²) in [6.07, 6.45) is -1.02. The lowest BCUT2D eigenvalue weighted by molar-refractivity contribution is 0.146. The number of hydrogen-bond acceptors (Lipinski definition) is 3. The van der Waals surface area contributed by atoms with Gasteiger partial charge in [-0.3, -0.25) is 9.67 Å². The molecule has 0 bridgehead atoms. The largest absolute Gasteiger partial charge is 0.280 e. The molecule has 0 saturated heterocycles. The normalized spacial score (nSPS) is 11.7. The number of alkyl halides is 2. The summed E-state index contributed by atoms with van der Waals surface area (Å²) >= 11 is 0. The first-order valence-corrected chi connectivity index (χ1v) is 8.47. The van der Waals surface area contributed by atoms with Crippen molar-refractivity contribution in [1.82, 2.24) is 24.7 Å². The number of hydrogen-bond donors (Lipinski definition) is 1. The van der Waals surface area contributed by atoms with E-state index in [1.165, 1.54) is 24.3 Å². The zero-order valence-corrected chi connectivity index (χ0v) is 14.3. The summed E-state index contributed by atoms with van der Waals surface area (Å²) in [6.45, 7) is 0. The van der Waals surface area contributed by atoms with Crippen LogP contribution in [0.2, 0.25) is 0 Å². The first-order chi connectivity index (χ1) is 13.6. The molecular formula is C20H12F3N5. The van der Waals surface area contributed by atoms with Crippen molar-refractivity contribution >= 4 is 22.1 Å². The van der Waals surface area contributed by atoms with E-state index >= 15 is 0 Å². The van der Waals surface area contributed by atoms with Gasteiger partial charge in [-0.05, 0) is 54.6 Å². The highest BCUT2D eigenvalue weighted by Gasteiger charge is 2.19. The van der Waals surface area contributed by atoms with Crippen molar-refractivity contribution in [2.75, 3.05) is 0 Å². The second-order valence-electron chi connectivity index (χ2n) is 6.30. The van der Waals surface area contributed by atoms with E-state index in [-0.39, 0.29) is 11.5 Å². The molecule has 0 aliphatic heterocycles. The van der Waals surface area contributed by atoms with Gasteiger partial charge in [0.15, 0.2) is 5.65 Å². The van der Waals surface area contributed by atoms with Gasteiger partial charge in [-0.15, -0.1) is 0 Å². The van der Waals surface area contributed by atoms with Crippen molar-refractivity contribution in [3.63, 3.8) is 0 Å². The molecule has 0 fully saturated rings. The van der Waals surface area contributed by atoms with Crippen LogP contribution in [0.3, 0.4) is 0 Å². The molecule has 138 valence electrons. The summed E-state index contributed by atoms with van der Waals surface area (Å²) < 4.78 is 41.5. The Balaban J connectivity index is 1.83. The van der Waals surface area contributed by atoms with Gasteiger partial charge in [0.25, 0.3) is 6.43 Å². The van der Waals surface area contributed by atoms with E-state index in [0.29, 0.717) is 28.2 Å². The molecule has 0 atom stereocenters. The minimum absolute atomic E-state index is 0.306. The Morgan fingerprint density at radius 3 is 2.54 bits per heavy atom. The van der Waals surface area contributed by atoms with Crippen LogP contribution >= 0.6 is 0 Å². The zero-order chi connectivity index (χ0) is 19.3. The SMILES string of the molecule is Fc1ccc(-c2nc3ccc(C(F)F)nc3n2-c2ccc3[nH]ncc3c2)cc1. The van der Waals surface area contributed by atoms with Gasteiger partial charge in [-0.1, -0.05) is 0 Å². The average molecular weight is 379 g/mol. The maximum absolute atomic E-state index is 13.4. The molecule has 8 heteroatoms. The summed E-state index contributed by atoms with van der Waals surface area (Å²) in [6, 6.07) is 14.2. The average Bonchev–Trinajstić information content (AvgIpc) is 3.31. The smallest absolute Gasteiger partial charge is 0.278 e. The predicted molar refractivity (Wildman–Crippen MR) is 98.9 cm³/mol. The van der Waals surface area contributed by atoms with Crippen LogP contribution in [-0.2, 0) is 0 Å². The highest BCUT2D eigenvalue weighted by Crippen LogP contribution is 2.30. The van der Waals surface area contributed by atoms with E-state index in [2.05, 4.69) is 20.2 Å². The topological polar surface area (TPSA) is 59.4 Å². The third-order valence-electron chi connectivity index (χ3n) is 4.53. The number of aromatic nitrogens is 5.